The normalized spacial score (nSPS) is 20.2. The third-order valence-electron chi connectivity index (χ3n) is 4.37. The molecule has 128 valence electrons. The van der Waals surface area contributed by atoms with Crippen LogP contribution in [0.4, 0.5) is 5.69 Å². The molecule has 8 heteroatoms. The SMILES string of the molecule is CC(=O)N1CCc2ccc(S(=O)(=O)NCC3CCNC3)cc21.Cl. The van der Waals surface area contributed by atoms with E-state index in [2.05, 4.69) is 10.0 Å². The highest BCUT2D eigenvalue weighted by molar-refractivity contribution is 7.89. The lowest BCUT2D eigenvalue weighted by Crippen LogP contribution is -2.30. The predicted octanol–water partition coefficient (Wildman–Crippen LogP) is 0.905. The summed E-state index contributed by atoms with van der Waals surface area (Å²) in [4.78, 5) is 13.5. The van der Waals surface area contributed by atoms with E-state index in [-0.39, 0.29) is 23.2 Å². The van der Waals surface area contributed by atoms with Crippen LogP contribution in [0.25, 0.3) is 0 Å². The predicted molar refractivity (Wildman–Crippen MR) is 91.6 cm³/mol. The lowest BCUT2D eigenvalue weighted by atomic mass is 10.1. The summed E-state index contributed by atoms with van der Waals surface area (Å²) in [6.07, 6.45) is 1.77. The number of nitrogens with one attached hydrogen (secondary N) is 2. The number of carbonyl (C=O) groups is 1. The molecule has 1 aromatic carbocycles. The van der Waals surface area contributed by atoms with Crippen molar-refractivity contribution in [3.63, 3.8) is 0 Å². The van der Waals surface area contributed by atoms with E-state index < -0.39 is 10.0 Å². The van der Waals surface area contributed by atoms with E-state index in [9.17, 15) is 13.2 Å². The molecule has 1 saturated heterocycles. The van der Waals surface area contributed by atoms with E-state index in [1.165, 1.54) is 6.92 Å². The second-order valence-electron chi connectivity index (χ2n) is 5.92. The number of hydrogen-bond donors (Lipinski definition) is 2. The fourth-order valence-corrected chi connectivity index (χ4v) is 4.19. The number of fused-ring (bicyclic) bond motifs is 1. The Kier molecular flexibility index (Phi) is 5.67. The minimum Gasteiger partial charge on any atom is -0.316 e. The van der Waals surface area contributed by atoms with Crippen LogP contribution in [0.5, 0.6) is 0 Å². The van der Waals surface area contributed by atoms with Crippen LogP contribution in [0, 0.1) is 5.92 Å². The molecule has 1 atom stereocenters. The van der Waals surface area contributed by atoms with Crippen molar-refractivity contribution >= 4 is 34.0 Å². The molecular formula is C15H22ClN3O3S. The number of hydrogen-bond acceptors (Lipinski definition) is 4. The third-order valence-corrected chi connectivity index (χ3v) is 5.79. The Morgan fingerprint density at radius 1 is 1.43 bits per heavy atom. The number of amides is 1. The van der Waals surface area contributed by atoms with Crippen molar-refractivity contribution in [2.75, 3.05) is 31.1 Å². The summed E-state index contributed by atoms with van der Waals surface area (Å²) in [5, 5.41) is 3.22. The van der Waals surface area contributed by atoms with Gasteiger partial charge in [0.15, 0.2) is 0 Å². The average Bonchev–Trinajstić information content (AvgIpc) is 3.13. The van der Waals surface area contributed by atoms with Gasteiger partial charge < -0.3 is 10.2 Å². The van der Waals surface area contributed by atoms with Gasteiger partial charge in [0.2, 0.25) is 15.9 Å². The van der Waals surface area contributed by atoms with Crippen molar-refractivity contribution in [2.24, 2.45) is 5.92 Å². The summed E-state index contributed by atoms with van der Waals surface area (Å²) in [5.74, 6) is 0.288. The van der Waals surface area contributed by atoms with Gasteiger partial charge in [-0.15, -0.1) is 12.4 Å². The Morgan fingerprint density at radius 2 is 2.22 bits per heavy atom. The van der Waals surface area contributed by atoms with Crippen LogP contribution >= 0.6 is 12.4 Å². The quantitative estimate of drug-likeness (QED) is 0.837. The molecule has 1 fully saturated rings. The molecule has 0 aromatic heterocycles. The number of benzene rings is 1. The first-order chi connectivity index (χ1) is 10.5. The standard InChI is InChI=1S/C15H21N3O3S.ClH/c1-11(19)18-7-5-13-2-3-14(8-15(13)18)22(20,21)17-10-12-4-6-16-9-12;/h2-3,8,12,16-17H,4-7,9-10H2,1H3;1H. The molecule has 3 rings (SSSR count). The summed E-state index contributed by atoms with van der Waals surface area (Å²) in [7, 11) is -3.53. The lowest BCUT2D eigenvalue weighted by molar-refractivity contribution is -0.116. The zero-order valence-corrected chi connectivity index (χ0v) is 14.7. The first-order valence-corrected chi connectivity index (χ1v) is 9.07. The first-order valence-electron chi connectivity index (χ1n) is 7.59. The van der Waals surface area contributed by atoms with Crippen molar-refractivity contribution in [1.82, 2.24) is 10.0 Å². The molecule has 0 aliphatic carbocycles. The minimum absolute atomic E-state index is 0. The summed E-state index contributed by atoms with van der Waals surface area (Å²) < 4.78 is 27.5. The van der Waals surface area contributed by atoms with Gasteiger partial charge in [-0.2, -0.15) is 0 Å². The molecule has 1 amide bonds. The Morgan fingerprint density at radius 3 is 2.87 bits per heavy atom. The molecule has 0 bridgehead atoms. The van der Waals surface area contributed by atoms with Gasteiger partial charge in [0.05, 0.1) is 4.90 Å². The molecule has 2 heterocycles. The van der Waals surface area contributed by atoms with Gasteiger partial charge in [-0.25, -0.2) is 13.1 Å². The van der Waals surface area contributed by atoms with Crippen LogP contribution in [-0.4, -0.2) is 40.5 Å². The maximum Gasteiger partial charge on any atom is 0.240 e. The van der Waals surface area contributed by atoms with Gasteiger partial charge in [-0.3, -0.25) is 4.79 Å². The monoisotopic (exact) mass is 359 g/mol. The summed E-state index contributed by atoms with van der Waals surface area (Å²) in [5.41, 5.74) is 1.74. The van der Waals surface area contributed by atoms with Crippen molar-refractivity contribution < 1.29 is 13.2 Å². The van der Waals surface area contributed by atoms with Gasteiger partial charge in [0.25, 0.3) is 0 Å². The second kappa shape index (κ2) is 7.17. The Balaban J connectivity index is 0.00000192. The van der Waals surface area contributed by atoms with Crippen LogP contribution in [0.2, 0.25) is 0 Å². The fraction of sp³-hybridized carbons (Fsp3) is 0.533. The molecule has 23 heavy (non-hydrogen) atoms. The molecular weight excluding hydrogens is 338 g/mol. The zero-order valence-electron chi connectivity index (χ0n) is 13.0. The van der Waals surface area contributed by atoms with E-state index in [1.54, 1.807) is 17.0 Å². The number of rotatable bonds is 4. The van der Waals surface area contributed by atoms with Crippen LogP contribution in [0.3, 0.4) is 0 Å². The van der Waals surface area contributed by atoms with Gasteiger partial charge >= 0.3 is 0 Å². The topological polar surface area (TPSA) is 78.5 Å². The van der Waals surface area contributed by atoms with Crippen molar-refractivity contribution in [3.8, 4) is 0 Å². The van der Waals surface area contributed by atoms with E-state index >= 15 is 0 Å². The largest absolute Gasteiger partial charge is 0.316 e. The number of sulfonamides is 1. The Labute approximate surface area is 143 Å². The maximum absolute atomic E-state index is 12.4. The molecule has 2 N–H and O–H groups in total. The van der Waals surface area contributed by atoms with E-state index in [0.717, 1.165) is 37.2 Å². The maximum atomic E-state index is 12.4. The Bertz CT molecular complexity index is 687. The average molecular weight is 360 g/mol. The summed E-state index contributed by atoms with van der Waals surface area (Å²) in [6.45, 7) is 4.36. The number of anilines is 1. The summed E-state index contributed by atoms with van der Waals surface area (Å²) >= 11 is 0. The van der Waals surface area contributed by atoms with Crippen molar-refractivity contribution in [3.05, 3.63) is 23.8 Å². The highest BCUT2D eigenvalue weighted by Gasteiger charge is 2.25. The molecule has 2 aliphatic heterocycles. The highest BCUT2D eigenvalue weighted by Crippen LogP contribution is 2.30. The van der Waals surface area contributed by atoms with Gasteiger partial charge in [-0.1, -0.05) is 6.07 Å². The molecule has 1 aromatic rings. The highest BCUT2D eigenvalue weighted by atomic mass is 35.5. The van der Waals surface area contributed by atoms with Crippen molar-refractivity contribution in [2.45, 2.75) is 24.7 Å². The first kappa shape index (κ1) is 18.2. The number of carbonyl (C=O) groups excluding carboxylic acids is 1. The van der Waals surface area contributed by atoms with E-state index in [4.69, 9.17) is 0 Å². The van der Waals surface area contributed by atoms with E-state index in [1.807, 2.05) is 6.07 Å². The minimum atomic E-state index is -3.53. The molecule has 6 nitrogen and oxygen atoms in total. The van der Waals surface area contributed by atoms with Crippen LogP contribution in [-0.2, 0) is 21.2 Å². The smallest absolute Gasteiger partial charge is 0.240 e. The number of nitrogens with zero attached hydrogens (tertiary/aromatic N) is 1. The van der Waals surface area contributed by atoms with Gasteiger partial charge in [-0.05, 0) is 49.5 Å². The van der Waals surface area contributed by atoms with Crippen molar-refractivity contribution in [1.29, 1.82) is 0 Å². The summed E-state index contributed by atoms with van der Waals surface area (Å²) in [6, 6.07) is 5.04. The van der Waals surface area contributed by atoms with Crippen LogP contribution in [0.1, 0.15) is 18.9 Å². The van der Waals surface area contributed by atoms with Crippen LogP contribution in [0.15, 0.2) is 23.1 Å². The molecule has 0 saturated carbocycles. The fourth-order valence-electron chi connectivity index (χ4n) is 3.05. The second-order valence-corrected chi connectivity index (χ2v) is 7.69. The van der Waals surface area contributed by atoms with Gasteiger partial charge in [0.1, 0.15) is 0 Å². The zero-order chi connectivity index (χ0) is 15.7. The Hall–Kier alpha value is -1.15. The molecule has 0 radical (unpaired) electrons. The molecule has 0 spiro atoms. The third kappa shape index (κ3) is 3.85. The van der Waals surface area contributed by atoms with E-state index in [0.29, 0.717) is 19.0 Å². The number of halogens is 1. The lowest BCUT2D eigenvalue weighted by Gasteiger charge is -2.16. The van der Waals surface area contributed by atoms with Gasteiger partial charge in [0, 0.05) is 25.7 Å². The van der Waals surface area contributed by atoms with Crippen LogP contribution < -0.4 is 14.9 Å². The molecule has 1 unspecified atom stereocenters. The molecule has 2 aliphatic rings.